The minimum atomic E-state index is 0.281. The summed E-state index contributed by atoms with van der Waals surface area (Å²) in [4.78, 5) is 25.0. The maximum atomic E-state index is 12.2. The molecule has 3 rings (SSSR count). The van der Waals surface area contributed by atoms with Crippen LogP contribution >= 0.6 is 0 Å². The number of anilines is 1. The lowest BCUT2D eigenvalue weighted by atomic mass is 10.1. The van der Waals surface area contributed by atoms with E-state index in [1.54, 1.807) is 18.6 Å². The lowest BCUT2D eigenvalue weighted by Gasteiger charge is -2.26. The van der Waals surface area contributed by atoms with Gasteiger partial charge in [-0.2, -0.15) is 0 Å². The molecule has 0 bridgehead atoms. The van der Waals surface area contributed by atoms with Gasteiger partial charge in [0.1, 0.15) is 5.82 Å². The Bertz CT molecular complexity index is 462. The van der Waals surface area contributed by atoms with Crippen molar-refractivity contribution in [1.82, 2.24) is 14.9 Å². The van der Waals surface area contributed by atoms with E-state index >= 15 is 0 Å². The number of rotatable bonds is 3. The van der Waals surface area contributed by atoms with Crippen molar-refractivity contribution in [3.63, 3.8) is 0 Å². The molecule has 2 aliphatic heterocycles. The first-order chi connectivity index (χ1) is 9.16. The summed E-state index contributed by atoms with van der Waals surface area (Å²) in [6.45, 7) is 6.16. The molecule has 0 radical (unpaired) electrons. The molecule has 0 N–H and O–H groups in total. The highest BCUT2D eigenvalue weighted by Crippen LogP contribution is 2.34. The van der Waals surface area contributed by atoms with Crippen molar-refractivity contribution in [2.45, 2.75) is 38.8 Å². The van der Waals surface area contributed by atoms with E-state index in [0.717, 1.165) is 25.3 Å². The van der Waals surface area contributed by atoms with Gasteiger partial charge in [-0.3, -0.25) is 9.78 Å². The quantitative estimate of drug-likeness (QED) is 0.822. The van der Waals surface area contributed by atoms with Crippen molar-refractivity contribution in [2.75, 3.05) is 18.0 Å². The first-order valence-corrected chi connectivity index (χ1v) is 6.99. The fourth-order valence-corrected chi connectivity index (χ4v) is 3.28. The number of hydrogen-bond donors (Lipinski definition) is 0. The zero-order valence-corrected chi connectivity index (χ0v) is 11.5. The smallest absolute Gasteiger partial charge is 0.225 e. The predicted molar refractivity (Wildman–Crippen MR) is 72.7 cm³/mol. The molecule has 19 heavy (non-hydrogen) atoms. The van der Waals surface area contributed by atoms with Gasteiger partial charge in [0.05, 0.1) is 18.3 Å². The maximum absolute atomic E-state index is 12.2. The van der Waals surface area contributed by atoms with E-state index in [1.165, 1.54) is 0 Å². The molecule has 5 heteroatoms. The van der Waals surface area contributed by atoms with Crippen LogP contribution in [0.4, 0.5) is 5.82 Å². The summed E-state index contributed by atoms with van der Waals surface area (Å²) in [6.07, 6.45) is 6.85. The maximum Gasteiger partial charge on any atom is 0.225 e. The third-order valence-corrected chi connectivity index (χ3v) is 4.02. The van der Waals surface area contributed by atoms with Crippen LogP contribution in [-0.4, -0.2) is 45.9 Å². The van der Waals surface area contributed by atoms with Crippen LogP contribution in [0.1, 0.15) is 26.7 Å². The van der Waals surface area contributed by atoms with Gasteiger partial charge in [0.15, 0.2) is 0 Å². The molecule has 102 valence electrons. The summed E-state index contributed by atoms with van der Waals surface area (Å²) >= 11 is 0. The molecule has 0 aromatic carbocycles. The fourth-order valence-electron chi connectivity index (χ4n) is 3.28. The number of hydrogen-bond acceptors (Lipinski definition) is 4. The van der Waals surface area contributed by atoms with Gasteiger partial charge in [-0.05, 0) is 12.3 Å². The fraction of sp³-hybridized carbons (Fsp3) is 0.643. The summed E-state index contributed by atoms with van der Waals surface area (Å²) in [5.41, 5.74) is 0. The topological polar surface area (TPSA) is 49.3 Å². The molecule has 5 nitrogen and oxygen atoms in total. The molecule has 0 unspecified atom stereocenters. The van der Waals surface area contributed by atoms with Crippen molar-refractivity contribution in [3.8, 4) is 0 Å². The van der Waals surface area contributed by atoms with Crippen molar-refractivity contribution in [1.29, 1.82) is 0 Å². The van der Waals surface area contributed by atoms with Gasteiger partial charge >= 0.3 is 0 Å². The number of amides is 1. The Morgan fingerprint density at radius 1 is 1.37 bits per heavy atom. The molecular weight excluding hydrogens is 240 g/mol. The van der Waals surface area contributed by atoms with Gasteiger partial charge < -0.3 is 9.80 Å². The summed E-state index contributed by atoms with van der Waals surface area (Å²) in [5, 5.41) is 0. The first kappa shape index (κ1) is 12.4. The Morgan fingerprint density at radius 3 is 2.89 bits per heavy atom. The Kier molecular flexibility index (Phi) is 3.12. The van der Waals surface area contributed by atoms with Crippen LogP contribution in [0.3, 0.4) is 0 Å². The molecule has 2 fully saturated rings. The molecule has 1 aromatic rings. The molecular formula is C14H20N4O. The van der Waals surface area contributed by atoms with E-state index in [9.17, 15) is 4.79 Å². The molecule has 0 saturated carbocycles. The Labute approximate surface area is 113 Å². The zero-order valence-electron chi connectivity index (χ0n) is 11.5. The average Bonchev–Trinajstić information content (AvgIpc) is 2.91. The summed E-state index contributed by atoms with van der Waals surface area (Å²) in [6, 6.07) is 0.639. The van der Waals surface area contributed by atoms with Gasteiger partial charge in [-0.15, -0.1) is 0 Å². The Morgan fingerprint density at radius 2 is 2.21 bits per heavy atom. The lowest BCUT2D eigenvalue weighted by Crippen LogP contribution is -2.39. The predicted octanol–water partition coefficient (Wildman–Crippen LogP) is 1.31. The lowest BCUT2D eigenvalue weighted by molar-refractivity contribution is -0.129. The van der Waals surface area contributed by atoms with E-state index < -0.39 is 0 Å². The number of carbonyl (C=O) groups excluding carboxylic acids is 1. The first-order valence-electron chi connectivity index (χ1n) is 6.99. The van der Waals surface area contributed by atoms with E-state index in [2.05, 4.69) is 33.6 Å². The monoisotopic (exact) mass is 260 g/mol. The largest absolute Gasteiger partial charge is 0.350 e. The molecule has 1 amide bonds. The molecule has 0 aliphatic carbocycles. The molecule has 2 saturated heterocycles. The van der Waals surface area contributed by atoms with Crippen LogP contribution in [0.15, 0.2) is 18.6 Å². The van der Waals surface area contributed by atoms with E-state index in [4.69, 9.17) is 0 Å². The Balaban J connectivity index is 1.79. The van der Waals surface area contributed by atoms with Crippen molar-refractivity contribution in [2.24, 2.45) is 5.92 Å². The summed E-state index contributed by atoms with van der Waals surface area (Å²) in [7, 11) is 0. The summed E-state index contributed by atoms with van der Waals surface area (Å²) < 4.78 is 0. The van der Waals surface area contributed by atoms with Gasteiger partial charge in [-0.25, -0.2) is 4.98 Å². The van der Waals surface area contributed by atoms with E-state index in [1.807, 2.05) is 0 Å². The van der Waals surface area contributed by atoms with Crippen molar-refractivity contribution < 1.29 is 4.79 Å². The second-order valence-electron chi connectivity index (χ2n) is 5.82. The second kappa shape index (κ2) is 4.79. The van der Waals surface area contributed by atoms with Crippen LogP contribution in [0, 0.1) is 5.92 Å². The normalized spacial score (nSPS) is 26.4. The highest BCUT2D eigenvalue weighted by molar-refractivity contribution is 5.81. The third kappa shape index (κ3) is 2.17. The number of carbonyl (C=O) groups is 1. The van der Waals surface area contributed by atoms with E-state index in [-0.39, 0.29) is 11.9 Å². The minimum absolute atomic E-state index is 0.281. The van der Waals surface area contributed by atoms with Gasteiger partial charge in [0.2, 0.25) is 5.91 Å². The van der Waals surface area contributed by atoms with Crippen LogP contribution in [0.2, 0.25) is 0 Å². The minimum Gasteiger partial charge on any atom is -0.350 e. The van der Waals surface area contributed by atoms with Gasteiger partial charge in [0.25, 0.3) is 0 Å². The number of aromatic nitrogens is 2. The van der Waals surface area contributed by atoms with Crippen molar-refractivity contribution in [3.05, 3.63) is 18.6 Å². The van der Waals surface area contributed by atoms with Crippen LogP contribution in [0.5, 0.6) is 0 Å². The molecule has 3 heterocycles. The highest BCUT2D eigenvalue weighted by Gasteiger charge is 2.47. The van der Waals surface area contributed by atoms with E-state index in [0.29, 0.717) is 18.4 Å². The highest BCUT2D eigenvalue weighted by atomic mass is 16.2. The summed E-state index contributed by atoms with van der Waals surface area (Å²) in [5.74, 6) is 1.71. The van der Waals surface area contributed by atoms with Crippen LogP contribution in [0.25, 0.3) is 0 Å². The van der Waals surface area contributed by atoms with Crippen LogP contribution < -0.4 is 4.90 Å². The molecule has 2 atom stereocenters. The molecule has 0 spiro atoms. The van der Waals surface area contributed by atoms with Crippen molar-refractivity contribution >= 4 is 11.7 Å². The van der Waals surface area contributed by atoms with Gasteiger partial charge in [-0.1, -0.05) is 13.8 Å². The zero-order chi connectivity index (χ0) is 13.4. The number of likely N-dealkylation sites (tertiary alicyclic amines) is 1. The SMILES string of the molecule is CC(C)CN1C(=O)C[C@@H]2[C@@H]1CCN2c1cnccn1. The third-order valence-electron chi connectivity index (χ3n) is 4.02. The second-order valence-corrected chi connectivity index (χ2v) is 5.82. The Hall–Kier alpha value is -1.65. The number of nitrogens with zero attached hydrogens (tertiary/aromatic N) is 4. The number of fused-ring (bicyclic) bond motifs is 1. The van der Waals surface area contributed by atoms with Crippen LogP contribution in [-0.2, 0) is 4.79 Å². The average molecular weight is 260 g/mol. The molecule has 2 aliphatic rings. The van der Waals surface area contributed by atoms with Gasteiger partial charge in [0, 0.05) is 31.9 Å². The standard InChI is InChI=1S/C14H20N4O/c1-10(2)9-18-11-3-6-17(12(11)7-14(18)19)13-8-15-4-5-16-13/h4-5,8,10-12H,3,6-7,9H2,1-2H3/t11-,12+/m0/s1. The molecule has 1 aromatic heterocycles.